The van der Waals surface area contributed by atoms with Gasteiger partial charge >= 0.3 is 5.97 Å². The molecule has 0 saturated heterocycles. The molecule has 1 aliphatic heterocycles. The lowest BCUT2D eigenvalue weighted by Crippen LogP contribution is -2.33. The van der Waals surface area contributed by atoms with Crippen LogP contribution >= 0.6 is 23.1 Å². The number of methoxy groups -OCH3 is 1. The molecule has 10 heteroatoms. The van der Waals surface area contributed by atoms with Gasteiger partial charge in [-0.1, -0.05) is 36.4 Å². The molecule has 2 N–H and O–H groups in total. The number of benzene rings is 3. The molecule has 0 spiro atoms. The summed E-state index contributed by atoms with van der Waals surface area (Å²) in [5.41, 5.74) is 2.36. The summed E-state index contributed by atoms with van der Waals surface area (Å²) in [5.74, 6) is -1.03. The van der Waals surface area contributed by atoms with Crippen LogP contribution in [0.25, 0.3) is 10.8 Å². The Morgan fingerprint density at radius 2 is 1.76 bits per heavy atom. The lowest BCUT2D eigenvalue weighted by Gasteiger charge is -2.25. The number of anilines is 2. The zero-order chi connectivity index (χ0) is 29.1. The van der Waals surface area contributed by atoms with E-state index in [2.05, 4.69) is 10.6 Å². The molecule has 8 nitrogen and oxygen atoms in total. The lowest BCUT2D eigenvalue weighted by atomic mass is 10.0. The van der Waals surface area contributed by atoms with Gasteiger partial charge in [-0.3, -0.25) is 14.4 Å². The Kier molecular flexibility index (Phi) is 8.41. The summed E-state index contributed by atoms with van der Waals surface area (Å²) in [5, 5.41) is 7.84. The molecule has 0 saturated carbocycles. The Labute approximate surface area is 246 Å². The number of carbonyl (C=O) groups is 4. The molecule has 0 bridgehead atoms. The van der Waals surface area contributed by atoms with E-state index < -0.39 is 11.2 Å². The highest BCUT2D eigenvalue weighted by Crippen LogP contribution is 2.38. The summed E-state index contributed by atoms with van der Waals surface area (Å²) in [6, 6.07) is 20.8. The average molecular weight is 588 g/mol. The average Bonchev–Trinajstić information content (AvgIpc) is 3.33. The van der Waals surface area contributed by atoms with E-state index in [4.69, 9.17) is 4.74 Å². The van der Waals surface area contributed by atoms with Gasteiger partial charge in [0, 0.05) is 34.5 Å². The van der Waals surface area contributed by atoms with Crippen molar-refractivity contribution >= 4 is 68.3 Å². The molecule has 41 heavy (non-hydrogen) atoms. The van der Waals surface area contributed by atoms with Gasteiger partial charge in [0.1, 0.15) is 5.00 Å². The number of hydrogen-bond acceptors (Lipinski definition) is 7. The third kappa shape index (κ3) is 6.28. The fourth-order valence-electron chi connectivity index (χ4n) is 4.73. The van der Waals surface area contributed by atoms with E-state index in [1.54, 1.807) is 24.0 Å². The number of nitrogens with one attached hydrogen (secondary N) is 2. The van der Waals surface area contributed by atoms with Crippen molar-refractivity contribution in [2.45, 2.75) is 37.0 Å². The molecule has 4 aromatic rings. The van der Waals surface area contributed by atoms with Crippen LogP contribution in [0.15, 0.2) is 71.6 Å². The number of rotatable bonds is 7. The lowest BCUT2D eigenvalue weighted by molar-refractivity contribution is -0.129. The van der Waals surface area contributed by atoms with Crippen molar-refractivity contribution in [1.82, 2.24) is 4.90 Å². The fourth-order valence-corrected chi connectivity index (χ4v) is 6.91. The highest BCUT2D eigenvalue weighted by atomic mass is 32.2. The zero-order valence-corrected chi connectivity index (χ0v) is 24.5. The SMILES string of the molecule is COC(=O)c1c(NC(=O)C(C)Sc2cccc(NC(=O)c3ccc4ccccc4c3)c2)sc2c1CCN(C(C)=O)C2. The number of carbonyl (C=O) groups excluding carboxylic acids is 4. The number of esters is 1. The van der Waals surface area contributed by atoms with Gasteiger partial charge in [0.2, 0.25) is 11.8 Å². The minimum absolute atomic E-state index is 0.0324. The van der Waals surface area contributed by atoms with Crippen LogP contribution in [0.3, 0.4) is 0 Å². The van der Waals surface area contributed by atoms with Crippen molar-refractivity contribution in [1.29, 1.82) is 0 Å². The highest BCUT2D eigenvalue weighted by Gasteiger charge is 2.30. The second kappa shape index (κ2) is 12.2. The second-order valence-corrected chi connectivity index (χ2v) is 12.2. The van der Waals surface area contributed by atoms with Crippen molar-refractivity contribution in [3.05, 3.63) is 88.3 Å². The number of hydrogen-bond donors (Lipinski definition) is 2. The van der Waals surface area contributed by atoms with Crippen LogP contribution in [0, 0.1) is 0 Å². The van der Waals surface area contributed by atoms with Gasteiger partial charge in [-0.25, -0.2) is 4.79 Å². The molecule has 5 rings (SSSR count). The first-order valence-electron chi connectivity index (χ1n) is 13.1. The zero-order valence-electron chi connectivity index (χ0n) is 22.9. The number of thiophene rings is 1. The first-order chi connectivity index (χ1) is 19.7. The van der Waals surface area contributed by atoms with Crippen molar-refractivity contribution in [3.8, 4) is 0 Å². The maximum atomic E-state index is 13.2. The summed E-state index contributed by atoms with van der Waals surface area (Å²) in [6.07, 6.45) is 0.522. The van der Waals surface area contributed by atoms with Crippen LogP contribution in [0.5, 0.6) is 0 Å². The molecule has 0 aliphatic carbocycles. The maximum absolute atomic E-state index is 13.2. The second-order valence-electron chi connectivity index (χ2n) is 9.68. The highest BCUT2D eigenvalue weighted by molar-refractivity contribution is 8.00. The minimum atomic E-state index is -0.510. The molecular formula is C31H29N3O5S2. The van der Waals surface area contributed by atoms with Crippen LogP contribution in [-0.2, 0) is 27.3 Å². The van der Waals surface area contributed by atoms with E-state index in [1.165, 1.54) is 37.1 Å². The first-order valence-corrected chi connectivity index (χ1v) is 14.8. The first kappa shape index (κ1) is 28.4. The van der Waals surface area contributed by atoms with E-state index in [0.29, 0.717) is 41.3 Å². The number of nitrogens with zero attached hydrogens (tertiary/aromatic N) is 1. The van der Waals surface area contributed by atoms with Crippen LogP contribution in [0.1, 0.15) is 45.0 Å². The summed E-state index contributed by atoms with van der Waals surface area (Å²) in [4.78, 5) is 54.0. The number of thioether (sulfide) groups is 1. The van der Waals surface area contributed by atoms with Gasteiger partial charge in [-0.05, 0) is 60.0 Å². The van der Waals surface area contributed by atoms with Crippen LogP contribution in [0.4, 0.5) is 10.7 Å². The summed E-state index contributed by atoms with van der Waals surface area (Å²) in [6.45, 7) is 4.21. The maximum Gasteiger partial charge on any atom is 0.341 e. The molecule has 3 amide bonds. The molecule has 2 heterocycles. The van der Waals surface area contributed by atoms with E-state index in [-0.39, 0.29) is 17.7 Å². The Balaban J connectivity index is 1.27. The molecule has 3 aromatic carbocycles. The molecular weight excluding hydrogens is 558 g/mol. The van der Waals surface area contributed by atoms with Gasteiger partial charge in [0.15, 0.2) is 0 Å². The molecule has 0 radical (unpaired) electrons. The summed E-state index contributed by atoms with van der Waals surface area (Å²) < 4.78 is 5.01. The van der Waals surface area contributed by atoms with E-state index in [0.717, 1.165) is 26.1 Å². The van der Waals surface area contributed by atoms with Gasteiger partial charge in [-0.15, -0.1) is 23.1 Å². The van der Waals surface area contributed by atoms with E-state index >= 15 is 0 Å². The van der Waals surface area contributed by atoms with Crippen molar-refractivity contribution in [2.24, 2.45) is 0 Å². The molecule has 0 fully saturated rings. The normalized spacial score (nSPS) is 13.3. The summed E-state index contributed by atoms with van der Waals surface area (Å²) >= 11 is 2.64. The van der Waals surface area contributed by atoms with Gasteiger partial charge in [-0.2, -0.15) is 0 Å². The third-order valence-electron chi connectivity index (χ3n) is 6.91. The molecule has 1 unspecified atom stereocenters. The summed E-state index contributed by atoms with van der Waals surface area (Å²) in [7, 11) is 1.31. The van der Waals surface area contributed by atoms with Crippen LogP contribution < -0.4 is 10.6 Å². The third-order valence-corrected chi connectivity index (χ3v) is 9.14. The Bertz CT molecular complexity index is 1660. The largest absolute Gasteiger partial charge is 0.465 e. The van der Waals surface area contributed by atoms with Crippen molar-refractivity contribution in [2.75, 3.05) is 24.3 Å². The Morgan fingerprint density at radius 1 is 0.976 bits per heavy atom. The molecule has 1 aromatic heterocycles. The Morgan fingerprint density at radius 3 is 2.51 bits per heavy atom. The van der Waals surface area contributed by atoms with Crippen LogP contribution in [-0.4, -0.2) is 47.5 Å². The predicted octanol–water partition coefficient (Wildman–Crippen LogP) is 5.96. The minimum Gasteiger partial charge on any atom is -0.465 e. The van der Waals surface area contributed by atoms with E-state index in [1.807, 2.05) is 54.6 Å². The number of ether oxygens (including phenoxy) is 1. The standard InChI is InChI=1S/C31H29N3O5S2/c1-18(28(36)33-30-27(31(38)39-3)25-13-14-34(19(2)35)17-26(25)41-30)40-24-10-6-9-23(16-24)32-29(37)22-12-11-20-7-4-5-8-21(20)15-22/h4-12,15-16,18H,13-14,17H2,1-3H3,(H,32,37)(H,33,36). The van der Waals surface area contributed by atoms with Gasteiger partial charge in [0.25, 0.3) is 5.91 Å². The molecule has 210 valence electrons. The monoisotopic (exact) mass is 587 g/mol. The molecule has 1 aliphatic rings. The van der Waals surface area contributed by atoms with E-state index in [9.17, 15) is 19.2 Å². The Hall–Kier alpha value is -4.15. The predicted molar refractivity (Wildman–Crippen MR) is 163 cm³/mol. The van der Waals surface area contributed by atoms with Crippen LogP contribution in [0.2, 0.25) is 0 Å². The van der Waals surface area contributed by atoms with Crippen molar-refractivity contribution in [3.63, 3.8) is 0 Å². The molecule has 1 atom stereocenters. The fraction of sp³-hybridized carbons (Fsp3) is 0.226. The number of fused-ring (bicyclic) bond motifs is 2. The van der Waals surface area contributed by atoms with Crippen molar-refractivity contribution < 1.29 is 23.9 Å². The smallest absolute Gasteiger partial charge is 0.341 e. The number of amides is 3. The topological polar surface area (TPSA) is 105 Å². The van der Waals surface area contributed by atoms with Gasteiger partial charge < -0.3 is 20.3 Å². The van der Waals surface area contributed by atoms with Gasteiger partial charge in [0.05, 0.1) is 24.5 Å². The quantitative estimate of drug-likeness (QED) is 0.204.